The summed E-state index contributed by atoms with van der Waals surface area (Å²) < 4.78 is 11.0. The third-order valence-electron chi connectivity index (χ3n) is 4.52. The lowest BCUT2D eigenvalue weighted by molar-refractivity contribution is -0.173. The lowest BCUT2D eigenvalue weighted by Crippen LogP contribution is -2.54. The number of thioether (sulfide) groups is 1. The highest BCUT2D eigenvalue weighted by Gasteiger charge is 2.46. The predicted octanol–water partition coefficient (Wildman–Crippen LogP) is 3.55. The second kappa shape index (κ2) is 9.71. The molecule has 0 bridgehead atoms. The van der Waals surface area contributed by atoms with Crippen LogP contribution in [-0.2, 0) is 19.1 Å². The number of ether oxygens (including phenoxy) is 2. The maximum Gasteiger partial charge on any atom is 0.373 e. The predicted molar refractivity (Wildman–Crippen MR) is 111 cm³/mol. The molecule has 6 nitrogen and oxygen atoms in total. The van der Waals surface area contributed by atoms with Crippen molar-refractivity contribution in [2.75, 3.05) is 12.3 Å². The molecule has 1 aliphatic heterocycles. The van der Waals surface area contributed by atoms with Crippen molar-refractivity contribution < 1.29 is 23.9 Å². The normalized spacial score (nSPS) is 18.2. The van der Waals surface area contributed by atoms with Crippen molar-refractivity contribution in [2.24, 2.45) is 0 Å². The molecule has 1 heterocycles. The Morgan fingerprint density at radius 1 is 1.03 bits per heavy atom. The molecule has 29 heavy (non-hydrogen) atoms. The van der Waals surface area contributed by atoms with Crippen LogP contribution in [0.2, 0.25) is 0 Å². The maximum atomic E-state index is 12.7. The Kier molecular flexibility index (Phi) is 7.06. The van der Waals surface area contributed by atoms with Crippen LogP contribution in [0.4, 0.5) is 0 Å². The van der Waals surface area contributed by atoms with Crippen molar-refractivity contribution in [1.29, 1.82) is 0 Å². The SMILES string of the molecule is CC(=O)SCCC(=O)OC(=O)[C@]1(Oc2ccc(-c3ccccc3)cc2)CCCN1. The van der Waals surface area contributed by atoms with Crippen molar-refractivity contribution in [1.82, 2.24) is 5.32 Å². The Morgan fingerprint density at radius 3 is 2.34 bits per heavy atom. The molecular formula is C22H23NO5S. The fraction of sp³-hybridized carbons (Fsp3) is 0.318. The van der Waals surface area contributed by atoms with Crippen LogP contribution < -0.4 is 10.1 Å². The summed E-state index contributed by atoms with van der Waals surface area (Å²) in [7, 11) is 0. The highest BCUT2D eigenvalue weighted by Crippen LogP contribution is 2.28. The molecule has 1 fully saturated rings. The smallest absolute Gasteiger partial charge is 0.373 e. The lowest BCUT2D eigenvalue weighted by Gasteiger charge is -2.27. The first kappa shape index (κ1) is 21.1. The van der Waals surface area contributed by atoms with Crippen molar-refractivity contribution >= 4 is 28.8 Å². The van der Waals surface area contributed by atoms with Gasteiger partial charge in [0.25, 0.3) is 5.72 Å². The van der Waals surface area contributed by atoms with Gasteiger partial charge in [0, 0.05) is 19.1 Å². The Balaban J connectivity index is 1.65. The number of hydrogen-bond donors (Lipinski definition) is 1. The first-order valence-corrected chi connectivity index (χ1v) is 10.4. The highest BCUT2D eigenvalue weighted by molar-refractivity contribution is 8.13. The molecule has 0 aliphatic carbocycles. The van der Waals surface area contributed by atoms with Gasteiger partial charge in [-0.3, -0.25) is 14.9 Å². The van der Waals surface area contributed by atoms with Crippen LogP contribution >= 0.6 is 11.8 Å². The van der Waals surface area contributed by atoms with E-state index in [2.05, 4.69) is 5.32 Å². The topological polar surface area (TPSA) is 81.7 Å². The van der Waals surface area contributed by atoms with Gasteiger partial charge in [-0.15, -0.1) is 0 Å². The average Bonchev–Trinajstić information content (AvgIpc) is 3.19. The van der Waals surface area contributed by atoms with E-state index in [4.69, 9.17) is 9.47 Å². The Hall–Kier alpha value is -2.64. The number of carbonyl (C=O) groups excluding carboxylic acids is 3. The molecule has 1 atom stereocenters. The molecule has 0 unspecified atom stereocenters. The van der Waals surface area contributed by atoms with E-state index in [0.29, 0.717) is 18.7 Å². The molecule has 2 aromatic carbocycles. The molecule has 0 aromatic heterocycles. The summed E-state index contributed by atoms with van der Waals surface area (Å²) in [5.41, 5.74) is 0.741. The van der Waals surface area contributed by atoms with Crippen molar-refractivity contribution in [3.8, 4) is 16.9 Å². The molecule has 1 aliphatic rings. The molecule has 7 heteroatoms. The van der Waals surface area contributed by atoms with Gasteiger partial charge in [-0.1, -0.05) is 54.2 Å². The zero-order valence-corrected chi connectivity index (χ0v) is 17.0. The number of esters is 2. The van der Waals surface area contributed by atoms with E-state index < -0.39 is 17.7 Å². The van der Waals surface area contributed by atoms with E-state index in [9.17, 15) is 14.4 Å². The monoisotopic (exact) mass is 413 g/mol. The van der Waals surface area contributed by atoms with Crippen LogP contribution in [0, 0.1) is 0 Å². The van der Waals surface area contributed by atoms with E-state index in [-0.39, 0.29) is 17.3 Å². The van der Waals surface area contributed by atoms with Crippen LogP contribution in [0.3, 0.4) is 0 Å². The highest BCUT2D eigenvalue weighted by atomic mass is 32.2. The third-order valence-corrected chi connectivity index (χ3v) is 5.33. The molecule has 0 radical (unpaired) electrons. The zero-order chi connectivity index (χ0) is 20.7. The summed E-state index contributed by atoms with van der Waals surface area (Å²) in [6, 6.07) is 17.4. The van der Waals surface area contributed by atoms with Crippen molar-refractivity contribution in [3.63, 3.8) is 0 Å². The molecule has 152 valence electrons. The molecule has 1 saturated heterocycles. The second-order valence-corrected chi connectivity index (χ2v) is 7.97. The van der Waals surface area contributed by atoms with E-state index in [0.717, 1.165) is 29.3 Å². The Labute approximate surface area is 174 Å². The number of rotatable bonds is 7. The fourth-order valence-electron chi connectivity index (χ4n) is 3.08. The fourth-order valence-corrected chi connectivity index (χ4v) is 3.64. The largest absolute Gasteiger partial charge is 0.461 e. The standard InChI is InChI=1S/C22H23NO5S/c1-16(24)29-15-12-20(25)27-21(26)22(13-5-14-23-22)28-19-10-8-18(9-11-19)17-6-3-2-4-7-17/h2-4,6-11,23H,5,12-15H2,1H3/t22-/m1/s1. The van der Waals surface area contributed by atoms with E-state index in [1.165, 1.54) is 6.92 Å². The third kappa shape index (κ3) is 5.68. The zero-order valence-electron chi connectivity index (χ0n) is 16.2. The van der Waals surface area contributed by atoms with Crippen molar-refractivity contribution in [2.45, 2.75) is 31.9 Å². The summed E-state index contributed by atoms with van der Waals surface area (Å²) in [6.07, 6.45) is 1.12. The summed E-state index contributed by atoms with van der Waals surface area (Å²) in [4.78, 5) is 35.5. The van der Waals surface area contributed by atoms with Gasteiger partial charge in [0.1, 0.15) is 5.75 Å². The lowest BCUT2D eigenvalue weighted by atomic mass is 10.1. The van der Waals surface area contributed by atoms with Crippen LogP contribution in [0.15, 0.2) is 54.6 Å². The molecule has 3 rings (SSSR count). The van der Waals surface area contributed by atoms with Crippen LogP contribution in [0.5, 0.6) is 5.75 Å². The quantitative estimate of drug-likeness (QED) is 0.549. The maximum absolute atomic E-state index is 12.7. The number of benzene rings is 2. The van der Waals surface area contributed by atoms with E-state index >= 15 is 0 Å². The molecule has 2 aromatic rings. The Morgan fingerprint density at radius 2 is 1.72 bits per heavy atom. The van der Waals surface area contributed by atoms with Gasteiger partial charge in [-0.05, 0) is 36.2 Å². The van der Waals surface area contributed by atoms with Gasteiger partial charge < -0.3 is 9.47 Å². The molecule has 1 N–H and O–H groups in total. The van der Waals surface area contributed by atoms with Gasteiger partial charge in [0.15, 0.2) is 5.12 Å². The van der Waals surface area contributed by atoms with Gasteiger partial charge in [0.2, 0.25) is 0 Å². The number of carbonyl (C=O) groups is 3. The van der Waals surface area contributed by atoms with Crippen LogP contribution in [-0.4, -0.2) is 35.1 Å². The van der Waals surface area contributed by atoms with E-state index in [1.54, 1.807) is 12.1 Å². The molecule has 0 amide bonds. The summed E-state index contributed by atoms with van der Waals surface area (Å²) in [6.45, 7) is 2.01. The van der Waals surface area contributed by atoms with Gasteiger partial charge in [0.05, 0.1) is 6.42 Å². The van der Waals surface area contributed by atoms with Crippen LogP contribution in [0.1, 0.15) is 26.2 Å². The Bertz CT molecular complexity index is 861. The summed E-state index contributed by atoms with van der Waals surface area (Å²) in [5.74, 6) is -0.626. The van der Waals surface area contributed by atoms with Gasteiger partial charge in [-0.25, -0.2) is 4.79 Å². The van der Waals surface area contributed by atoms with Crippen molar-refractivity contribution in [3.05, 3.63) is 54.6 Å². The van der Waals surface area contributed by atoms with E-state index in [1.807, 2.05) is 42.5 Å². The molecule has 0 saturated carbocycles. The average molecular weight is 413 g/mol. The van der Waals surface area contributed by atoms with Crippen LogP contribution in [0.25, 0.3) is 11.1 Å². The summed E-state index contributed by atoms with van der Waals surface area (Å²) in [5, 5.41) is 2.95. The minimum Gasteiger partial charge on any atom is -0.461 e. The summed E-state index contributed by atoms with van der Waals surface area (Å²) >= 11 is 1.02. The molecular weight excluding hydrogens is 390 g/mol. The molecule has 0 spiro atoms. The van der Waals surface area contributed by atoms with Gasteiger partial charge in [-0.2, -0.15) is 0 Å². The number of nitrogens with one attached hydrogen (secondary N) is 1. The minimum absolute atomic E-state index is 0.0160. The first-order valence-electron chi connectivity index (χ1n) is 9.46. The first-order chi connectivity index (χ1) is 14.0. The van der Waals surface area contributed by atoms with Gasteiger partial charge >= 0.3 is 11.9 Å². The second-order valence-electron chi connectivity index (χ2n) is 6.70. The minimum atomic E-state index is -1.38. The number of hydrogen-bond acceptors (Lipinski definition) is 7.